The molecule has 0 aliphatic carbocycles. The van der Waals surface area contributed by atoms with Gasteiger partial charge in [-0.15, -0.1) is 0 Å². The van der Waals surface area contributed by atoms with Crippen molar-refractivity contribution in [2.45, 2.75) is 6.54 Å². The molecule has 0 unspecified atom stereocenters. The minimum absolute atomic E-state index is 0.682. The summed E-state index contributed by atoms with van der Waals surface area (Å²) in [7, 11) is 0. The summed E-state index contributed by atoms with van der Waals surface area (Å²) in [6, 6.07) is 11.4. The van der Waals surface area contributed by atoms with Crippen LogP contribution >= 0.6 is 55.1 Å². The lowest BCUT2D eigenvalue weighted by Gasteiger charge is -2.10. The van der Waals surface area contributed by atoms with Crippen LogP contribution in [0.1, 0.15) is 5.56 Å². The topological polar surface area (TPSA) is 12.0 Å². The predicted octanol–water partition coefficient (Wildman–Crippen LogP) is 6.13. The second-order valence-electron chi connectivity index (χ2n) is 3.71. The Balaban J connectivity index is 2.13. The van der Waals surface area contributed by atoms with Gasteiger partial charge in [-0.3, -0.25) is 0 Å². The number of hydrogen-bond donors (Lipinski definition) is 1. The number of benzene rings is 2. The van der Waals surface area contributed by atoms with Crippen molar-refractivity contribution in [2.75, 3.05) is 5.32 Å². The van der Waals surface area contributed by atoms with E-state index < -0.39 is 0 Å². The highest BCUT2D eigenvalue weighted by atomic mass is 79.9. The minimum atomic E-state index is 0.682. The molecule has 0 fully saturated rings. The van der Waals surface area contributed by atoms with Gasteiger partial charge in [-0.2, -0.15) is 0 Å². The predicted molar refractivity (Wildman–Crippen MR) is 85.6 cm³/mol. The van der Waals surface area contributed by atoms with Gasteiger partial charge in [0.05, 0.1) is 0 Å². The van der Waals surface area contributed by atoms with E-state index in [1.807, 2.05) is 36.4 Å². The molecular weight excluding hydrogens is 401 g/mol. The Morgan fingerprint density at radius 1 is 0.889 bits per heavy atom. The molecule has 0 bridgehead atoms. The van der Waals surface area contributed by atoms with Crippen molar-refractivity contribution < 1.29 is 0 Å². The monoisotopic (exact) mass is 407 g/mol. The Labute approximate surface area is 133 Å². The molecule has 5 heteroatoms. The highest BCUT2D eigenvalue weighted by Gasteiger charge is 2.03. The largest absolute Gasteiger partial charge is 0.380 e. The van der Waals surface area contributed by atoms with Gasteiger partial charge in [0, 0.05) is 31.2 Å². The van der Waals surface area contributed by atoms with Crippen LogP contribution in [0.15, 0.2) is 45.3 Å². The standard InChI is InChI=1S/C13H9Br2Cl2N/c14-11-3-1-9(16)5-8(11)7-18-13-4-2-10(17)6-12(13)15/h1-6,18H,7H2. The third kappa shape index (κ3) is 3.64. The zero-order valence-corrected chi connectivity index (χ0v) is 13.9. The van der Waals surface area contributed by atoms with Crippen molar-refractivity contribution in [2.24, 2.45) is 0 Å². The van der Waals surface area contributed by atoms with Crippen LogP contribution in [0.3, 0.4) is 0 Å². The van der Waals surface area contributed by atoms with Crippen LogP contribution in [0.5, 0.6) is 0 Å². The Bertz CT molecular complexity index is 573. The lowest BCUT2D eigenvalue weighted by Crippen LogP contribution is -2.00. The van der Waals surface area contributed by atoms with Crippen LogP contribution in [-0.4, -0.2) is 0 Å². The summed E-state index contributed by atoms with van der Waals surface area (Å²) in [6.45, 7) is 0.682. The molecule has 0 atom stereocenters. The van der Waals surface area contributed by atoms with Gasteiger partial charge in [-0.05, 0) is 57.9 Å². The summed E-state index contributed by atoms with van der Waals surface area (Å²) in [5.41, 5.74) is 2.09. The molecule has 94 valence electrons. The molecular formula is C13H9Br2Cl2N. The fourth-order valence-corrected chi connectivity index (χ4v) is 2.91. The molecule has 0 saturated heterocycles. The fourth-order valence-electron chi connectivity index (χ4n) is 1.50. The minimum Gasteiger partial charge on any atom is -0.380 e. The summed E-state index contributed by atoms with van der Waals surface area (Å²) >= 11 is 18.8. The van der Waals surface area contributed by atoms with Crippen LogP contribution in [0, 0.1) is 0 Å². The van der Waals surface area contributed by atoms with Crippen LogP contribution in [0.25, 0.3) is 0 Å². The molecule has 2 rings (SSSR count). The summed E-state index contributed by atoms with van der Waals surface area (Å²) in [5.74, 6) is 0. The first kappa shape index (κ1) is 14.2. The van der Waals surface area contributed by atoms with Gasteiger partial charge in [-0.1, -0.05) is 39.1 Å². The van der Waals surface area contributed by atoms with Crippen molar-refractivity contribution in [3.05, 3.63) is 61.0 Å². The van der Waals surface area contributed by atoms with Crippen molar-refractivity contribution in [3.63, 3.8) is 0 Å². The molecule has 18 heavy (non-hydrogen) atoms. The zero-order chi connectivity index (χ0) is 13.1. The first-order valence-electron chi connectivity index (χ1n) is 5.19. The molecule has 1 N–H and O–H groups in total. The molecule has 1 nitrogen and oxygen atoms in total. The van der Waals surface area contributed by atoms with Gasteiger partial charge >= 0.3 is 0 Å². The summed E-state index contributed by atoms with van der Waals surface area (Å²) in [4.78, 5) is 0. The molecule has 0 spiro atoms. The third-order valence-electron chi connectivity index (χ3n) is 2.41. The maximum atomic E-state index is 5.98. The second-order valence-corrected chi connectivity index (χ2v) is 6.29. The van der Waals surface area contributed by atoms with E-state index in [9.17, 15) is 0 Å². The highest BCUT2D eigenvalue weighted by molar-refractivity contribution is 9.11. The molecule has 0 aliphatic heterocycles. The Morgan fingerprint density at radius 2 is 1.56 bits per heavy atom. The van der Waals surface area contributed by atoms with E-state index in [0.29, 0.717) is 11.6 Å². The van der Waals surface area contributed by atoms with Crippen molar-refractivity contribution in [1.82, 2.24) is 0 Å². The molecule has 0 heterocycles. The second kappa shape index (κ2) is 6.29. The van der Waals surface area contributed by atoms with E-state index in [1.54, 1.807) is 0 Å². The average molecular weight is 410 g/mol. The Hall–Kier alpha value is -0.220. The van der Waals surface area contributed by atoms with Crippen LogP contribution in [0.4, 0.5) is 5.69 Å². The quantitative estimate of drug-likeness (QED) is 0.642. The van der Waals surface area contributed by atoms with Gasteiger partial charge in [0.1, 0.15) is 0 Å². The smallest absolute Gasteiger partial charge is 0.0488 e. The maximum Gasteiger partial charge on any atom is 0.0488 e. The van der Waals surface area contributed by atoms with E-state index >= 15 is 0 Å². The normalized spacial score (nSPS) is 10.4. The Kier molecular flexibility index (Phi) is 4.96. The van der Waals surface area contributed by atoms with Gasteiger partial charge in [0.25, 0.3) is 0 Å². The molecule has 0 aliphatic rings. The van der Waals surface area contributed by atoms with Gasteiger partial charge in [0.2, 0.25) is 0 Å². The first-order chi connectivity index (χ1) is 8.56. The van der Waals surface area contributed by atoms with E-state index in [1.165, 1.54) is 0 Å². The van der Waals surface area contributed by atoms with E-state index in [-0.39, 0.29) is 0 Å². The SMILES string of the molecule is Clc1ccc(NCc2cc(Cl)ccc2Br)c(Br)c1. The number of anilines is 1. The molecule has 0 saturated carbocycles. The van der Waals surface area contributed by atoms with E-state index in [0.717, 1.165) is 25.2 Å². The Morgan fingerprint density at radius 3 is 2.28 bits per heavy atom. The number of halogens is 4. The van der Waals surface area contributed by atoms with Crippen molar-refractivity contribution in [1.29, 1.82) is 0 Å². The lowest BCUT2D eigenvalue weighted by molar-refractivity contribution is 1.13. The van der Waals surface area contributed by atoms with Crippen LogP contribution < -0.4 is 5.32 Å². The molecule has 0 radical (unpaired) electrons. The first-order valence-corrected chi connectivity index (χ1v) is 7.53. The third-order valence-corrected chi connectivity index (χ3v) is 4.31. The summed E-state index contributed by atoms with van der Waals surface area (Å²) in [5, 5.41) is 4.76. The molecule has 2 aromatic carbocycles. The van der Waals surface area contributed by atoms with Crippen molar-refractivity contribution in [3.8, 4) is 0 Å². The number of rotatable bonds is 3. The van der Waals surface area contributed by atoms with Crippen molar-refractivity contribution >= 4 is 60.7 Å². The fraction of sp³-hybridized carbons (Fsp3) is 0.0769. The highest BCUT2D eigenvalue weighted by Crippen LogP contribution is 2.27. The van der Waals surface area contributed by atoms with E-state index in [4.69, 9.17) is 23.2 Å². The molecule has 2 aromatic rings. The van der Waals surface area contributed by atoms with Gasteiger partial charge in [0.15, 0.2) is 0 Å². The zero-order valence-electron chi connectivity index (χ0n) is 9.18. The molecule has 0 amide bonds. The lowest BCUT2D eigenvalue weighted by atomic mass is 10.2. The number of hydrogen-bond acceptors (Lipinski definition) is 1. The summed E-state index contributed by atoms with van der Waals surface area (Å²) < 4.78 is 1.97. The van der Waals surface area contributed by atoms with Gasteiger partial charge < -0.3 is 5.32 Å². The van der Waals surface area contributed by atoms with E-state index in [2.05, 4.69) is 37.2 Å². The summed E-state index contributed by atoms with van der Waals surface area (Å²) in [6.07, 6.45) is 0. The maximum absolute atomic E-state index is 5.98. The van der Waals surface area contributed by atoms with Crippen LogP contribution in [0.2, 0.25) is 10.0 Å². The average Bonchev–Trinajstić information content (AvgIpc) is 2.32. The van der Waals surface area contributed by atoms with Crippen LogP contribution in [-0.2, 0) is 6.54 Å². The number of nitrogens with one attached hydrogen (secondary N) is 1. The molecule has 0 aromatic heterocycles. The van der Waals surface area contributed by atoms with Gasteiger partial charge in [-0.25, -0.2) is 0 Å².